The zero-order chi connectivity index (χ0) is 12.8. The van der Waals surface area contributed by atoms with Crippen LogP contribution in [0.1, 0.15) is 17.5 Å². The van der Waals surface area contributed by atoms with E-state index in [4.69, 9.17) is 5.26 Å². The summed E-state index contributed by atoms with van der Waals surface area (Å²) in [4.78, 5) is 9.47. The summed E-state index contributed by atoms with van der Waals surface area (Å²) in [6, 6.07) is 6.24. The number of hydrogen-bond acceptors (Lipinski definition) is 5. The van der Waals surface area contributed by atoms with Crippen LogP contribution in [-0.2, 0) is 6.42 Å². The minimum Gasteiger partial charge on any atom is -0.367 e. The third-order valence-corrected chi connectivity index (χ3v) is 3.45. The van der Waals surface area contributed by atoms with Gasteiger partial charge in [0.05, 0.1) is 0 Å². The second-order valence-corrected chi connectivity index (χ2v) is 5.17. The molecule has 92 valence electrons. The predicted molar refractivity (Wildman–Crippen MR) is 72.4 cm³/mol. The van der Waals surface area contributed by atoms with E-state index in [-0.39, 0.29) is 0 Å². The van der Waals surface area contributed by atoms with E-state index in [0.29, 0.717) is 17.4 Å². The van der Waals surface area contributed by atoms with Crippen molar-refractivity contribution in [3.05, 3.63) is 40.5 Å². The average molecular weight is 258 g/mol. The molecule has 0 aliphatic heterocycles. The fraction of sp³-hybridized carbons (Fsp3) is 0.308. The maximum atomic E-state index is 8.90. The van der Waals surface area contributed by atoms with Crippen LogP contribution in [0.3, 0.4) is 0 Å². The van der Waals surface area contributed by atoms with Crippen LogP contribution in [0, 0.1) is 17.2 Å². The number of hydrogen-bond donors (Lipinski definition) is 1. The Morgan fingerprint density at radius 2 is 2.28 bits per heavy atom. The number of rotatable bonds is 5. The van der Waals surface area contributed by atoms with Crippen molar-refractivity contribution in [1.29, 1.82) is 5.26 Å². The van der Waals surface area contributed by atoms with Crippen molar-refractivity contribution in [1.82, 2.24) is 9.97 Å². The van der Waals surface area contributed by atoms with Crippen molar-refractivity contribution in [2.75, 3.05) is 11.9 Å². The van der Waals surface area contributed by atoms with Crippen molar-refractivity contribution in [3.63, 3.8) is 0 Å². The first-order valence-corrected chi connectivity index (χ1v) is 6.65. The topological polar surface area (TPSA) is 61.6 Å². The van der Waals surface area contributed by atoms with Crippen molar-refractivity contribution in [3.8, 4) is 6.07 Å². The minimum atomic E-state index is 0.348. The van der Waals surface area contributed by atoms with Crippen LogP contribution in [0.15, 0.2) is 29.9 Å². The van der Waals surface area contributed by atoms with Gasteiger partial charge in [-0.05, 0) is 23.8 Å². The highest BCUT2D eigenvalue weighted by molar-refractivity contribution is 7.09. The Morgan fingerprint density at radius 1 is 1.44 bits per heavy atom. The first-order valence-electron chi connectivity index (χ1n) is 5.77. The molecule has 1 N–H and O–H groups in total. The molecule has 2 aromatic heterocycles. The summed E-state index contributed by atoms with van der Waals surface area (Å²) >= 11 is 1.77. The van der Waals surface area contributed by atoms with Crippen LogP contribution in [0.5, 0.6) is 0 Å². The number of thiophene rings is 1. The van der Waals surface area contributed by atoms with Gasteiger partial charge >= 0.3 is 0 Å². The van der Waals surface area contributed by atoms with Crippen LogP contribution in [-0.4, -0.2) is 16.5 Å². The Balaban J connectivity index is 1.89. The summed E-state index contributed by atoms with van der Waals surface area (Å²) in [6.07, 6.45) is 4.15. The highest BCUT2D eigenvalue weighted by Crippen LogP contribution is 2.15. The van der Waals surface area contributed by atoms with Gasteiger partial charge in [0.15, 0.2) is 11.5 Å². The molecule has 0 radical (unpaired) electrons. The van der Waals surface area contributed by atoms with Gasteiger partial charge in [-0.15, -0.1) is 11.3 Å². The third-order valence-electron chi connectivity index (χ3n) is 2.55. The van der Waals surface area contributed by atoms with Gasteiger partial charge < -0.3 is 5.32 Å². The molecular formula is C13H14N4S. The Morgan fingerprint density at radius 3 is 3.00 bits per heavy atom. The second-order valence-electron chi connectivity index (χ2n) is 4.13. The third kappa shape index (κ3) is 3.28. The largest absolute Gasteiger partial charge is 0.367 e. The predicted octanol–water partition coefficient (Wildman–Crippen LogP) is 2.70. The van der Waals surface area contributed by atoms with Gasteiger partial charge in [0, 0.05) is 23.8 Å². The summed E-state index contributed by atoms with van der Waals surface area (Å²) < 4.78 is 0. The van der Waals surface area contributed by atoms with Gasteiger partial charge in [-0.3, -0.25) is 0 Å². The quantitative estimate of drug-likeness (QED) is 0.895. The van der Waals surface area contributed by atoms with Gasteiger partial charge in [0.2, 0.25) is 0 Å². The number of nitriles is 1. The molecule has 0 aliphatic carbocycles. The Kier molecular flexibility index (Phi) is 4.26. The molecule has 2 aromatic rings. The lowest BCUT2D eigenvalue weighted by Crippen LogP contribution is -2.15. The van der Waals surface area contributed by atoms with E-state index < -0.39 is 0 Å². The molecule has 18 heavy (non-hydrogen) atoms. The molecule has 0 bridgehead atoms. The molecule has 0 spiro atoms. The molecule has 5 heteroatoms. The molecule has 0 amide bonds. The second kappa shape index (κ2) is 6.12. The summed E-state index contributed by atoms with van der Waals surface area (Å²) in [5, 5.41) is 14.2. The summed E-state index contributed by atoms with van der Waals surface area (Å²) in [5.74, 6) is 1.05. The Hall–Kier alpha value is -1.93. The summed E-state index contributed by atoms with van der Waals surface area (Å²) in [5.41, 5.74) is 0.348. The van der Waals surface area contributed by atoms with Crippen LogP contribution < -0.4 is 5.32 Å². The number of nitrogens with zero attached hydrogens (tertiary/aromatic N) is 3. The number of nitrogens with one attached hydrogen (secondary N) is 1. The first-order chi connectivity index (χ1) is 8.79. The smallest absolute Gasteiger partial charge is 0.182 e. The Labute approximate surface area is 110 Å². The van der Waals surface area contributed by atoms with Crippen LogP contribution in [0.4, 0.5) is 5.82 Å². The Bertz CT molecular complexity index is 530. The molecule has 0 aromatic carbocycles. The van der Waals surface area contributed by atoms with E-state index in [9.17, 15) is 0 Å². The van der Waals surface area contributed by atoms with E-state index in [0.717, 1.165) is 13.0 Å². The maximum absolute atomic E-state index is 8.90. The lowest BCUT2D eigenvalue weighted by atomic mass is 10.1. The average Bonchev–Trinajstić information content (AvgIpc) is 2.89. The summed E-state index contributed by atoms with van der Waals surface area (Å²) in [6.45, 7) is 2.96. The monoisotopic (exact) mass is 258 g/mol. The molecule has 2 heterocycles. The normalized spacial score (nSPS) is 11.8. The van der Waals surface area contributed by atoms with Crippen LogP contribution >= 0.6 is 11.3 Å². The van der Waals surface area contributed by atoms with E-state index in [1.807, 2.05) is 6.07 Å². The van der Waals surface area contributed by atoms with Crippen LogP contribution in [0.2, 0.25) is 0 Å². The van der Waals surface area contributed by atoms with E-state index >= 15 is 0 Å². The highest BCUT2D eigenvalue weighted by Gasteiger charge is 2.07. The fourth-order valence-corrected chi connectivity index (χ4v) is 2.53. The molecule has 0 aliphatic rings. The molecule has 0 saturated carbocycles. The highest BCUT2D eigenvalue weighted by atomic mass is 32.1. The zero-order valence-corrected chi connectivity index (χ0v) is 10.9. The van der Waals surface area contributed by atoms with Crippen molar-refractivity contribution in [2.45, 2.75) is 13.3 Å². The molecule has 2 rings (SSSR count). The molecule has 1 atom stereocenters. The summed E-state index contributed by atoms with van der Waals surface area (Å²) in [7, 11) is 0. The molecular weight excluding hydrogens is 244 g/mol. The SMILES string of the molecule is C[C@@H](CNc1nccnc1C#N)Cc1cccs1. The fourth-order valence-electron chi connectivity index (χ4n) is 1.66. The van der Waals surface area contributed by atoms with Crippen molar-refractivity contribution in [2.24, 2.45) is 5.92 Å². The van der Waals surface area contributed by atoms with Crippen LogP contribution in [0.25, 0.3) is 0 Å². The lowest BCUT2D eigenvalue weighted by Gasteiger charge is -2.12. The van der Waals surface area contributed by atoms with Gasteiger partial charge in [0.25, 0.3) is 0 Å². The zero-order valence-electron chi connectivity index (χ0n) is 10.1. The molecule has 0 unspecified atom stereocenters. The van der Waals surface area contributed by atoms with Gasteiger partial charge in [-0.1, -0.05) is 13.0 Å². The molecule has 0 fully saturated rings. The standard InChI is InChI=1S/C13H14N4S/c1-10(7-11-3-2-6-18-11)9-17-13-12(8-14)15-4-5-16-13/h2-6,10H,7,9H2,1H3,(H,16,17)/t10-/m1/s1. The maximum Gasteiger partial charge on any atom is 0.182 e. The van der Waals surface area contributed by atoms with Crippen molar-refractivity contribution < 1.29 is 0 Å². The number of anilines is 1. The minimum absolute atomic E-state index is 0.348. The van der Waals surface area contributed by atoms with Crippen molar-refractivity contribution >= 4 is 17.2 Å². The lowest BCUT2D eigenvalue weighted by molar-refractivity contribution is 0.616. The van der Waals surface area contributed by atoms with E-state index in [2.05, 4.69) is 39.7 Å². The molecule has 4 nitrogen and oxygen atoms in total. The van der Waals surface area contributed by atoms with Gasteiger partial charge in [-0.2, -0.15) is 5.26 Å². The van der Waals surface area contributed by atoms with E-state index in [1.54, 1.807) is 17.5 Å². The molecule has 0 saturated heterocycles. The first kappa shape index (κ1) is 12.5. The van der Waals surface area contributed by atoms with Gasteiger partial charge in [-0.25, -0.2) is 9.97 Å². The van der Waals surface area contributed by atoms with Gasteiger partial charge in [0.1, 0.15) is 6.07 Å². The van der Waals surface area contributed by atoms with E-state index in [1.165, 1.54) is 11.1 Å². The number of aromatic nitrogens is 2.